The Morgan fingerprint density at radius 2 is 1.97 bits per heavy atom. The molecule has 4 rings (SSSR count). The van der Waals surface area contributed by atoms with Gasteiger partial charge in [0.05, 0.1) is 23.3 Å². The Hall–Kier alpha value is -2.87. The first-order valence-electron chi connectivity index (χ1n) is 9.54. The van der Waals surface area contributed by atoms with Crippen LogP contribution >= 0.6 is 11.8 Å². The van der Waals surface area contributed by atoms with Crippen molar-refractivity contribution in [3.63, 3.8) is 0 Å². The van der Waals surface area contributed by atoms with Crippen LogP contribution in [0.3, 0.4) is 0 Å². The minimum absolute atomic E-state index is 0.0273. The summed E-state index contributed by atoms with van der Waals surface area (Å²) in [5, 5.41) is 7.58. The van der Waals surface area contributed by atoms with E-state index in [4.69, 9.17) is 4.74 Å². The van der Waals surface area contributed by atoms with Crippen molar-refractivity contribution < 1.29 is 9.53 Å². The summed E-state index contributed by atoms with van der Waals surface area (Å²) in [6.07, 6.45) is 3.32. The van der Waals surface area contributed by atoms with Gasteiger partial charge in [-0.25, -0.2) is 9.97 Å². The maximum Gasteiger partial charge on any atom is 0.252 e. The molecule has 0 fully saturated rings. The van der Waals surface area contributed by atoms with Gasteiger partial charge < -0.3 is 10.1 Å². The van der Waals surface area contributed by atoms with Crippen LogP contribution in [0.4, 0.5) is 5.82 Å². The summed E-state index contributed by atoms with van der Waals surface area (Å²) in [5.41, 5.74) is 2.91. The maximum absolute atomic E-state index is 12.4. The Bertz CT molecular complexity index is 1000. The van der Waals surface area contributed by atoms with Crippen molar-refractivity contribution in [2.45, 2.75) is 26.0 Å². The van der Waals surface area contributed by atoms with E-state index in [2.05, 4.69) is 46.4 Å². The van der Waals surface area contributed by atoms with E-state index < -0.39 is 0 Å². The fraction of sp³-hybridized carbons (Fsp3) is 0.333. The van der Waals surface area contributed by atoms with Crippen molar-refractivity contribution in [2.24, 2.45) is 5.92 Å². The Labute approximate surface area is 173 Å². The van der Waals surface area contributed by atoms with Crippen LogP contribution in [0.15, 0.2) is 42.7 Å². The van der Waals surface area contributed by atoms with Crippen LogP contribution in [0.5, 0.6) is 5.75 Å². The SMILES string of the molecule is Cc1nn(-c2ncccn2)c2c1C(c1ccc(OCC(C)C)cc1)SCC(=O)N2. The summed E-state index contributed by atoms with van der Waals surface area (Å²) in [6, 6.07) is 9.83. The second-order valence-electron chi connectivity index (χ2n) is 7.32. The number of amides is 1. The third-order valence-corrected chi connectivity index (χ3v) is 5.79. The van der Waals surface area contributed by atoms with Crippen LogP contribution in [0.1, 0.15) is 35.9 Å². The Balaban J connectivity index is 1.72. The first kappa shape index (κ1) is 19.4. The van der Waals surface area contributed by atoms with Gasteiger partial charge in [-0.05, 0) is 36.6 Å². The van der Waals surface area contributed by atoms with Crippen molar-refractivity contribution >= 4 is 23.5 Å². The highest BCUT2D eigenvalue weighted by atomic mass is 32.2. The van der Waals surface area contributed by atoms with Crippen molar-refractivity contribution in [3.05, 3.63) is 59.5 Å². The molecule has 1 aliphatic heterocycles. The van der Waals surface area contributed by atoms with Gasteiger partial charge in [0.25, 0.3) is 5.95 Å². The number of aromatic nitrogens is 4. The van der Waals surface area contributed by atoms with Gasteiger partial charge in [0.15, 0.2) is 0 Å². The number of carbonyl (C=O) groups excluding carboxylic acids is 1. The molecule has 1 aromatic carbocycles. The number of hydrogen-bond acceptors (Lipinski definition) is 6. The molecule has 0 spiro atoms. The molecule has 3 heterocycles. The maximum atomic E-state index is 12.4. The minimum Gasteiger partial charge on any atom is -0.493 e. The standard InChI is InChI=1S/C21H23N5O2S/c1-13(2)11-28-16-7-5-15(6-8-16)19-18-14(3)25-26(21-22-9-4-10-23-21)20(18)24-17(27)12-29-19/h4-10,13,19H,11-12H2,1-3H3,(H,24,27). The molecule has 0 radical (unpaired) electrons. The predicted octanol–water partition coefficient (Wildman–Crippen LogP) is 3.78. The lowest BCUT2D eigenvalue weighted by atomic mass is 10.0. The van der Waals surface area contributed by atoms with Crippen LogP contribution in [-0.4, -0.2) is 38.0 Å². The number of hydrogen-bond donors (Lipinski definition) is 1. The molecular weight excluding hydrogens is 386 g/mol. The molecule has 1 amide bonds. The molecule has 7 nitrogen and oxygen atoms in total. The molecule has 2 aromatic heterocycles. The molecule has 150 valence electrons. The van der Waals surface area contributed by atoms with Crippen LogP contribution in [0, 0.1) is 12.8 Å². The molecule has 0 saturated carbocycles. The van der Waals surface area contributed by atoms with Gasteiger partial charge in [0.1, 0.15) is 11.6 Å². The number of fused-ring (bicyclic) bond motifs is 1. The molecule has 1 atom stereocenters. The Kier molecular flexibility index (Phi) is 5.53. The third kappa shape index (κ3) is 4.12. The highest BCUT2D eigenvalue weighted by Crippen LogP contribution is 2.43. The summed E-state index contributed by atoms with van der Waals surface area (Å²) in [6.45, 7) is 6.88. The van der Waals surface area contributed by atoms with Gasteiger partial charge in [-0.15, -0.1) is 11.8 Å². The van der Waals surface area contributed by atoms with Crippen molar-refractivity contribution in [1.29, 1.82) is 0 Å². The molecule has 0 saturated heterocycles. The first-order valence-corrected chi connectivity index (χ1v) is 10.6. The molecule has 29 heavy (non-hydrogen) atoms. The Morgan fingerprint density at radius 3 is 2.66 bits per heavy atom. The van der Waals surface area contributed by atoms with Crippen molar-refractivity contribution in [1.82, 2.24) is 19.7 Å². The van der Waals surface area contributed by atoms with Crippen molar-refractivity contribution in [3.8, 4) is 11.7 Å². The molecule has 0 aliphatic carbocycles. The third-order valence-electron chi connectivity index (χ3n) is 4.52. The fourth-order valence-corrected chi connectivity index (χ4v) is 4.38. The highest BCUT2D eigenvalue weighted by Gasteiger charge is 2.31. The summed E-state index contributed by atoms with van der Waals surface area (Å²) in [4.78, 5) is 21.0. The van der Waals surface area contributed by atoms with Gasteiger partial charge in [0.2, 0.25) is 5.91 Å². The molecule has 3 aromatic rings. The van der Waals surface area contributed by atoms with Crippen LogP contribution in [-0.2, 0) is 4.79 Å². The van der Waals surface area contributed by atoms with E-state index in [1.165, 1.54) is 0 Å². The topological polar surface area (TPSA) is 81.9 Å². The van der Waals surface area contributed by atoms with Crippen LogP contribution in [0.25, 0.3) is 5.95 Å². The number of thioether (sulfide) groups is 1. The second kappa shape index (κ2) is 8.24. The number of carbonyl (C=O) groups is 1. The van der Waals surface area contributed by atoms with Crippen LogP contribution in [0.2, 0.25) is 0 Å². The zero-order valence-corrected chi connectivity index (χ0v) is 17.4. The average molecular weight is 410 g/mol. The number of rotatable bonds is 5. The number of nitrogens with zero attached hydrogens (tertiary/aromatic N) is 4. The number of aryl methyl sites for hydroxylation is 1. The predicted molar refractivity (Wildman–Crippen MR) is 114 cm³/mol. The number of anilines is 1. The molecule has 1 N–H and O–H groups in total. The van der Waals surface area contributed by atoms with Gasteiger partial charge in [0, 0.05) is 18.0 Å². The van der Waals surface area contributed by atoms with E-state index in [0.717, 1.165) is 22.6 Å². The largest absolute Gasteiger partial charge is 0.493 e. The lowest BCUT2D eigenvalue weighted by Gasteiger charge is -2.16. The van der Waals surface area contributed by atoms with Crippen LogP contribution < -0.4 is 10.1 Å². The van der Waals surface area contributed by atoms with E-state index in [0.29, 0.717) is 30.0 Å². The number of benzene rings is 1. The molecule has 8 heteroatoms. The van der Waals surface area contributed by atoms with Gasteiger partial charge in [-0.3, -0.25) is 4.79 Å². The molecule has 0 bridgehead atoms. The van der Waals surface area contributed by atoms with E-state index in [1.54, 1.807) is 34.9 Å². The van der Waals surface area contributed by atoms with Gasteiger partial charge >= 0.3 is 0 Å². The van der Waals surface area contributed by atoms with E-state index >= 15 is 0 Å². The van der Waals surface area contributed by atoms with E-state index in [-0.39, 0.29) is 11.2 Å². The fourth-order valence-electron chi connectivity index (χ4n) is 3.19. The normalized spacial score (nSPS) is 16.3. The highest BCUT2D eigenvalue weighted by molar-refractivity contribution is 8.00. The summed E-state index contributed by atoms with van der Waals surface area (Å²) in [5.74, 6) is 2.68. The number of ether oxygens (including phenoxy) is 1. The zero-order valence-electron chi connectivity index (χ0n) is 16.6. The summed E-state index contributed by atoms with van der Waals surface area (Å²) < 4.78 is 7.41. The lowest BCUT2D eigenvalue weighted by Crippen LogP contribution is -2.16. The molecular formula is C21H23N5O2S. The zero-order chi connectivity index (χ0) is 20.4. The molecule has 1 aliphatic rings. The van der Waals surface area contributed by atoms with Gasteiger partial charge in [-0.2, -0.15) is 9.78 Å². The van der Waals surface area contributed by atoms with Gasteiger partial charge in [-0.1, -0.05) is 26.0 Å². The summed E-state index contributed by atoms with van der Waals surface area (Å²) >= 11 is 1.59. The Morgan fingerprint density at radius 1 is 1.24 bits per heavy atom. The summed E-state index contributed by atoms with van der Waals surface area (Å²) in [7, 11) is 0. The number of nitrogens with one attached hydrogen (secondary N) is 1. The average Bonchev–Trinajstić information content (AvgIpc) is 2.93. The first-order chi connectivity index (χ1) is 14.0. The van der Waals surface area contributed by atoms with Crippen molar-refractivity contribution in [2.75, 3.05) is 17.7 Å². The monoisotopic (exact) mass is 409 g/mol. The minimum atomic E-state index is -0.0623. The lowest BCUT2D eigenvalue weighted by molar-refractivity contribution is -0.113. The van der Waals surface area contributed by atoms with E-state index in [1.807, 2.05) is 19.1 Å². The quantitative estimate of drug-likeness (QED) is 0.691. The second-order valence-corrected chi connectivity index (χ2v) is 8.41. The smallest absolute Gasteiger partial charge is 0.252 e. The molecule has 1 unspecified atom stereocenters. The van der Waals surface area contributed by atoms with E-state index in [9.17, 15) is 4.79 Å².